The molecule has 17 heavy (non-hydrogen) atoms. The molecular weight excluding hydrogens is 234 g/mol. The average Bonchev–Trinajstić information content (AvgIpc) is 2.36. The lowest BCUT2D eigenvalue weighted by Gasteiger charge is -2.31. The van der Waals surface area contributed by atoms with Crippen molar-refractivity contribution in [2.24, 2.45) is 0 Å². The minimum Gasteiger partial charge on any atom is -0.341 e. The molecule has 0 saturated carbocycles. The monoisotopic (exact) mass is 253 g/mol. The molecule has 0 fully saturated rings. The maximum Gasteiger partial charge on any atom is 0.232 e. The van der Waals surface area contributed by atoms with E-state index in [1.807, 2.05) is 51.1 Å². The van der Waals surface area contributed by atoms with Gasteiger partial charge in [-0.2, -0.15) is 0 Å². The molecule has 0 spiro atoms. The first-order chi connectivity index (χ1) is 8.04. The Labute approximate surface area is 109 Å². The van der Waals surface area contributed by atoms with E-state index < -0.39 is 5.41 Å². The second-order valence-electron chi connectivity index (χ2n) is 4.56. The summed E-state index contributed by atoms with van der Waals surface area (Å²) >= 11 is 5.72. The highest BCUT2D eigenvalue weighted by atomic mass is 35.5. The lowest BCUT2D eigenvalue weighted by atomic mass is 9.83. The molecule has 0 unspecified atom stereocenters. The Kier molecular flexibility index (Phi) is 5.01. The van der Waals surface area contributed by atoms with E-state index in [-0.39, 0.29) is 5.91 Å². The van der Waals surface area contributed by atoms with Crippen molar-refractivity contribution in [3.05, 3.63) is 35.9 Å². The normalized spacial score (nSPS) is 11.3. The van der Waals surface area contributed by atoms with Crippen LogP contribution in [0.3, 0.4) is 0 Å². The summed E-state index contributed by atoms with van der Waals surface area (Å²) in [7, 11) is 0. The zero-order valence-corrected chi connectivity index (χ0v) is 11.5. The van der Waals surface area contributed by atoms with Gasteiger partial charge >= 0.3 is 0 Å². The van der Waals surface area contributed by atoms with Crippen molar-refractivity contribution < 1.29 is 4.79 Å². The van der Waals surface area contributed by atoms with Gasteiger partial charge in [-0.15, -0.1) is 11.6 Å². The van der Waals surface area contributed by atoms with E-state index in [0.717, 1.165) is 5.56 Å². The molecular formula is C14H20ClNO. The van der Waals surface area contributed by atoms with E-state index in [9.17, 15) is 4.79 Å². The van der Waals surface area contributed by atoms with Gasteiger partial charge in [-0.1, -0.05) is 30.3 Å². The summed E-state index contributed by atoms with van der Waals surface area (Å²) in [6.07, 6.45) is 0. The number of likely N-dealkylation sites (N-methyl/N-ethyl adjacent to an activating group) is 1. The molecule has 1 rings (SSSR count). The van der Waals surface area contributed by atoms with E-state index in [1.165, 1.54) is 0 Å². The van der Waals surface area contributed by atoms with Gasteiger partial charge in [-0.25, -0.2) is 0 Å². The van der Waals surface area contributed by atoms with Gasteiger partial charge < -0.3 is 4.90 Å². The molecule has 0 heterocycles. The minimum atomic E-state index is -0.497. The molecule has 2 nitrogen and oxygen atoms in total. The zero-order chi connectivity index (χ0) is 12.9. The summed E-state index contributed by atoms with van der Waals surface area (Å²) in [6.45, 7) is 7.20. The number of hydrogen-bond acceptors (Lipinski definition) is 1. The average molecular weight is 254 g/mol. The van der Waals surface area contributed by atoms with Crippen molar-refractivity contribution in [1.82, 2.24) is 4.90 Å². The van der Waals surface area contributed by atoms with E-state index >= 15 is 0 Å². The van der Waals surface area contributed by atoms with E-state index in [0.29, 0.717) is 19.0 Å². The number of carbonyl (C=O) groups is 1. The van der Waals surface area contributed by atoms with Crippen LogP contribution in [-0.2, 0) is 10.2 Å². The molecule has 0 atom stereocenters. The van der Waals surface area contributed by atoms with E-state index in [4.69, 9.17) is 11.6 Å². The number of nitrogens with zero attached hydrogens (tertiary/aromatic N) is 1. The number of halogens is 1. The molecule has 0 saturated heterocycles. The molecule has 1 amide bonds. The molecule has 1 aromatic carbocycles. The van der Waals surface area contributed by atoms with Gasteiger partial charge in [0, 0.05) is 19.0 Å². The van der Waals surface area contributed by atoms with Gasteiger partial charge in [0.25, 0.3) is 0 Å². The van der Waals surface area contributed by atoms with Crippen molar-refractivity contribution >= 4 is 17.5 Å². The van der Waals surface area contributed by atoms with Crippen LogP contribution in [0.4, 0.5) is 0 Å². The Hall–Kier alpha value is -1.02. The predicted molar refractivity (Wildman–Crippen MR) is 72.4 cm³/mol. The second-order valence-corrected chi connectivity index (χ2v) is 4.94. The fraction of sp³-hybridized carbons (Fsp3) is 0.500. The van der Waals surface area contributed by atoms with Crippen molar-refractivity contribution in [2.75, 3.05) is 19.0 Å². The summed E-state index contributed by atoms with van der Waals surface area (Å²) in [5, 5.41) is 0. The molecule has 0 radical (unpaired) electrons. The SMILES string of the molecule is CCN(CCCl)C(=O)C(C)(C)c1ccccc1. The quantitative estimate of drug-likeness (QED) is 0.739. The van der Waals surface area contributed by atoms with Gasteiger partial charge in [0.2, 0.25) is 5.91 Å². The minimum absolute atomic E-state index is 0.131. The molecule has 94 valence electrons. The van der Waals surface area contributed by atoms with Crippen LogP contribution in [0.1, 0.15) is 26.3 Å². The largest absolute Gasteiger partial charge is 0.341 e. The van der Waals surface area contributed by atoms with Crippen LogP contribution < -0.4 is 0 Å². The molecule has 0 aliphatic rings. The molecule has 1 aromatic rings. The highest BCUT2D eigenvalue weighted by Gasteiger charge is 2.32. The Morgan fingerprint density at radius 1 is 1.29 bits per heavy atom. The maximum absolute atomic E-state index is 12.5. The molecule has 0 bridgehead atoms. The Balaban J connectivity index is 2.93. The maximum atomic E-state index is 12.5. The fourth-order valence-corrected chi connectivity index (χ4v) is 2.08. The molecule has 0 aliphatic heterocycles. The van der Waals surface area contributed by atoms with Crippen LogP contribution in [0, 0.1) is 0 Å². The smallest absolute Gasteiger partial charge is 0.232 e. The number of alkyl halides is 1. The van der Waals surface area contributed by atoms with Crippen LogP contribution >= 0.6 is 11.6 Å². The fourth-order valence-electron chi connectivity index (χ4n) is 1.88. The summed E-state index contributed by atoms with van der Waals surface area (Å²) in [6, 6.07) is 9.86. The summed E-state index contributed by atoms with van der Waals surface area (Å²) in [4.78, 5) is 14.3. The highest BCUT2D eigenvalue weighted by molar-refractivity contribution is 6.18. The Bertz CT molecular complexity index is 362. The third-order valence-corrected chi connectivity index (χ3v) is 3.22. The Morgan fingerprint density at radius 3 is 2.35 bits per heavy atom. The summed E-state index contributed by atoms with van der Waals surface area (Å²) < 4.78 is 0. The van der Waals surface area contributed by atoms with Gasteiger partial charge in [-0.3, -0.25) is 4.79 Å². The summed E-state index contributed by atoms with van der Waals surface area (Å²) in [5.74, 6) is 0.608. The molecule has 3 heteroatoms. The van der Waals surface area contributed by atoms with Crippen LogP contribution in [-0.4, -0.2) is 29.8 Å². The number of amides is 1. The number of benzene rings is 1. The van der Waals surface area contributed by atoms with Crippen molar-refractivity contribution in [1.29, 1.82) is 0 Å². The van der Waals surface area contributed by atoms with Gasteiger partial charge in [0.15, 0.2) is 0 Å². The Morgan fingerprint density at radius 2 is 1.88 bits per heavy atom. The van der Waals surface area contributed by atoms with E-state index in [1.54, 1.807) is 4.90 Å². The third-order valence-electron chi connectivity index (χ3n) is 3.05. The predicted octanol–water partition coefficient (Wildman–Crippen LogP) is 3.05. The highest BCUT2D eigenvalue weighted by Crippen LogP contribution is 2.25. The lowest BCUT2D eigenvalue weighted by Crippen LogP contribution is -2.44. The number of hydrogen-bond donors (Lipinski definition) is 0. The van der Waals surface area contributed by atoms with Gasteiger partial charge in [-0.05, 0) is 26.3 Å². The third kappa shape index (κ3) is 3.22. The zero-order valence-electron chi connectivity index (χ0n) is 10.7. The first-order valence-electron chi connectivity index (χ1n) is 5.95. The standard InChI is InChI=1S/C14H20ClNO/c1-4-16(11-10-15)13(17)14(2,3)12-8-6-5-7-9-12/h5-9H,4,10-11H2,1-3H3. The molecule has 0 aliphatic carbocycles. The first kappa shape index (κ1) is 14.0. The van der Waals surface area contributed by atoms with Crippen molar-refractivity contribution in [2.45, 2.75) is 26.2 Å². The molecule has 0 N–H and O–H groups in total. The van der Waals surface area contributed by atoms with Gasteiger partial charge in [0.05, 0.1) is 5.41 Å². The lowest BCUT2D eigenvalue weighted by molar-refractivity contribution is -0.135. The topological polar surface area (TPSA) is 20.3 Å². The van der Waals surface area contributed by atoms with Crippen LogP contribution in [0.2, 0.25) is 0 Å². The number of rotatable bonds is 5. The first-order valence-corrected chi connectivity index (χ1v) is 6.48. The number of carbonyl (C=O) groups excluding carboxylic acids is 1. The van der Waals surface area contributed by atoms with Crippen LogP contribution in [0.15, 0.2) is 30.3 Å². The van der Waals surface area contributed by atoms with Crippen LogP contribution in [0.25, 0.3) is 0 Å². The second kappa shape index (κ2) is 6.06. The van der Waals surface area contributed by atoms with Crippen molar-refractivity contribution in [3.63, 3.8) is 0 Å². The summed E-state index contributed by atoms with van der Waals surface area (Å²) in [5.41, 5.74) is 0.543. The van der Waals surface area contributed by atoms with Crippen molar-refractivity contribution in [3.8, 4) is 0 Å². The van der Waals surface area contributed by atoms with E-state index in [2.05, 4.69) is 0 Å². The van der Waals surface area contributed by atoms with Crippen LogP contribution in [0.5, 0.6) is 0 Å². The molecule has 0 aromatic heterocycles. The van der Waals surface area contributed by atoms with Gasteiger partial charge in [0.1, 0.15) is 0 Å².